The highest BCUT2D eigenvalue weighted by Gasteiger charge is 2.11. The normalized spacial score (nSPS) is 11.8. The molecule has 1 rings (SSSR count). The molecular formula is C14H20ClN3O2S. The Morgan fingerprint density at radius 2 is 2.19 bits per heavy atom. The van der Waals surface area contributed by atoms with Gasteiger partial charge in [0.2, 0.25) is 0 Å². The molecular weight excluding hydrogens is 310 g/mol. The van der Waals surface area contributed by atoms with E-state index in [0.29, 0.717) is 15.8 Å². The van der Waals surface area contributed by atoms with E-state index in [2.05, 4.69) is 24.5 Å². The van der Waals surface area contributed by atoms with Crippen molar-refractivity contribution < 1.29 is 4.92 Å². The maximum absolute atomic E-state index is 10.8. The highest BCUT2D eigenvalue weighted by Crippen LogP contribution is 2.26. The third-order valence-electron chi connectivity index (χ3n) is 3.03. The van der Waals surface area contributed by atoms with Gasteiger partial charge in [0.25, 0.3) is 5.69 Å². The standard InChI is InChI=1S/C14H20ClN3O2S/c1-3-4-5-6-10(2)16-14(21)17-13-9-11(18(19)20)7-8-12(13)15/h7-10H,3-6H2,1-2H3,(H2,16,17,21)/t10-/m0/s1. The number of nitrogens with zero attached hydrogens (tertiary/aromatic N) is 1. The lowest BCUT2D eigenvalue weighted by Gasteiger charge is -2.17. The molecule has 5 nitrogen and oxygen atoms in total. The van der Waals surface area contributed by atoms with Gasteiger partial charge >= 0.3 is 0 Å². The maximum Gasteiger partial charge on any atom is 0.271 e. The van der Waals surface area contributed by atoms with Gasteiger partial charge < -0.3 is 10.6 Å². The molecule has 0 aliphatic rings. The smallest absolute Gasteiger partial charge is 0.271 e. The molecule has 21 heavy (non-hydrogen) atoms. The van der Waals surface area contributed by atoms with Gasteiger partial charge in [-0.25, -0.2) is 0 Å². The highest BCUT2D eigenvalue weighted by atomic mass is 35.5. The van der Waals surface area contributed by atoms with Crippen LogP contribution in [0.2, 0.25) is 5.02 Å². The molecule has 116 valence electrons. The third-order valence-corrected chi connectivity index (χ3v) is 3.58. The summed E-state index contributed by atoms with van der Waals surface area (Å²) in [5.74, 6) is 0. The van der Waals surface area contributed by atoms with Crippen molar-refractivity contribution in [2.45, 2.75) is 45.6 Å². The van der Waals surface area contributed by atoms with Crippen LogP contribution in [0.25, 0.3) is 0 Å². The summed E-state index contributed by atoms with van der Waals surface area (Å²) in [6, 6.07) is 4.46. The predicted molar refractivity (Wildman–Crippen MR) is 91.1 cm³/mol. The summed E-state index contributed by atoms with van der Waals surface area (Å²) >= 11 is 11.2. The molecule has 1 aromatic carbocycles. The Hall–Kier alpha value is -1.40. The molecule has 0 amide bonds. The SMILES string of the molecule is CCCCC[C@H](C)NC(=S)Nc1cc([N+](=O)[O-])ccc1Cl. The van der Waals surface area contributed by atoms with Gasteiger partial charge in [0.1, 0.15) is 0 Å². The Morgan fingerprint density at radius 1 is 1.48 bits per heavy atom. The summed E-state index contributed by atoms with van der Waals surface area (Å²) < 4.78 is 0. The summed E-state index contributed by atoms with van der Waals surface area (Å²) in [5.41, 5.74) is 0.407. The highest BCUT2D eigenvalue weighted by molar-refractivity contribution is 7.80. The Morgan fingerprint density at radius 3 is 2.81 bits per heavy atom. The van der Waals surface area contributed by atoms with Crippen LogP contribution in [0, 0.1) is 10.1 Å². The van der Waals surface area contributed by atoms with Crippen molar-refractivity contribution in [1.29, 1.82) is 0 Å². The number of anilines is 1. The van der Waals surface area contributed by atoms with E-state index in [9.17, 15) is 10.1 Å². The van der Waals surface area contributed by atoms with Crippen LogP contribution in [0.3, 0.4) is 0 Å². The zero-order valence-electron chi connectivity index (χ0n) is 12.2. The summed E-state index contributed by atoms with van der Waals surface area (Å²) in [4.78, 5) is 10.3. The molecule has 1 atom stereocenters. The number of non-ortho nitro benzene ring substituents is 1. The fourth-order valence-electron chi connectivity index (χ4n) is 1.88. The van der Waals surface area contributed by atoms with Gasteiger partial charge in [-0.3, -0.25) is 10.1 Å². The molecule has 0 aliphatic carbocycles. The van der Waals surface area contributed by atoms with Crippen molar-refractivity contribution in [3.63, 3.8) is 0 Å². The molecule has 0 fully saturated rings. The second-order valence-electron chi connectivity index (χ2n) is 4.92. The minimum Gasteiger partial charge on any atom is -0.360 e. The van der Waals surface area contributed by atoms with Crippen molar-refractivity contribution in [3.8, 4) is 0 Å². The minimum absolute atomic E-state index is 0.0271. The molecule has 0 aliphatic heterocycles. The second-order valence-corrected chi connectivity index (χ2v) is 5.73. The molecule has 0 heterocycles. The Kier molecular flexibility index (Phi) is 7.39. The van der Waals surface area contributed by atoms with E-state index in [1.165, 1.54) is 31.0 Å². The number of benzene rings is 1. The number of halogens is 1. The predicted octanol–water partition coefficient (Wildman–Crippen LogP) is 4.50. The number of nitrogens with one attached hydrogen (secondary N) is 2. The van der Waals surface area contributed by atoms with Crippen molar-refractivity contribution in [2.24, 2.45) is 0 Å². The number of nitro groups is 1. The lowest BCUT2D eigenvalue weighted by molar-refractivity contribution is -0.384. The molecule has 1 aromatic rings. The number of unbranched alkanes of at least 4 members (excludes halogenated alkanes) is 2. The van der Waals surface area contributed by atoms with Crippen LogP contribution in [0.4, 0.5) is 11.4 Å². The van der Waals surface area contributed by atoms with Crippen LogP contribution in [0.1, 0.15) is 39.5 Å². The summed E-state index contributed by atoms with van der Waals surface area (Å²) in [5, 5.41) is 17.6. The van der Waals surface area contributed by atoms with Gasteiger partial charge in [0.05, 0.1) is 15.6 Å². The van der Waals surface area contributed by atoms with Crippen LogP contribution in [0.15, 0.2) is 18.2 Å². The quantitative estimate of drug-likeness (QED) is 0.333. The lowest BCUT2D eigenvalue weighted by atomic mass is 10.1. The van der Waals surface area contributed by atoms with E-state index in [1.54, 1.807) is 0 Å². The first kappa shape index (κ1) is 17.7. The molecule has 7 heteroatoms. The van der Waals surface area contributed by atoms with Crippen LogP contribution >= 0.6 is 23.8 Å². The zero-order chi connectivity index (χ0) is 15.8. The fourth-order valence-corrected chi connectivity index (χ4v) is 2.35. The Balaban J connectivity index is 2.58. The third kappa shape index (κ3) is 6.27. The monoisotopic (exact) mass is 329 g/mol. The summed E-state index contributed by atoms with van der Waals surface area (Å²) in [6.07, 6.45) is 4.55. The first-order valence-corrected chi connectivity index (χ1v) is 7.74. The molecule has 0 saturated heterocycles. The molecule has 0 bridgehead atoms. The number of thiocarbonyl (C=S) groups is 1. The van der Waals surface area contributed by atoms with E-state index in [1.807, 2.05) is 0 Å². The van der Waals surface area contributed by atoms with Crippen molar-refractivity contribution in [1.82, 2.24) is 5.32 Å². The van der Waals surface area contributed by atoms with Gasteiger partial charge in [-0.05, 0) is 31.6 Å². The number of nitro benzene ring substituents is 1. The van der Waals surface area contributed by atoms with E-state index in [0.717, 1.165) is 12.8 Å². The van der Waals surface area contributed by atoms with Gasteiger partial charge in [-0.15, -0.1) is 0 Å². The maximum atomic E-state index is 10.8. The van der Waals surface area contributed by atoms with Gasteiger partial charge in [0.15, 0.2) is 5.11 Å². The first-order chi connectivity index (χ1) is 9.93. The van der Waals surface area contributed by atoms with Crippen molar-refractivity contribution >= 4 is 40.3 Å². The zero-order valence-corrected chi connectivity index (χ0v) is 13.8. The van der Waals surface area contributed by atoms with E-state index < -0.39 is 4.92 Å². The molecule has 2 N–H and O–H groups in total. The van der Waals surface area contributed by atoms with E-state index in [4.69, 9.17) is 23.8 Å². The number of hydrogen-bond acceptors (Lipinski definition) is 3. The summed E-state index contributed by atoms with van der Waals surface area (Å²) in [6.45, 7) is 4.22. The van der Waals surface area contributed by atoms with Crippen molar-refractivity contribution in [3.05, 3.63) is 33.3 Å². The van der Waals surface area contributed by atoms with E-state index in [-0.39, 0.29) is 11.7 Å². The average molecular weight is 330 g/mol. The number of rotatable bonds is 7. The van der Waals surface area contributed by atoms with Gasteiger partial charge in [-0.2, -0.15) is 0 Å². The van der Waals surface area contributed by atoms with Gasteiger partial charge in [0, 0.05) is 18.2 Å². The van der Waals surface area contributed by atoms with Crippen LogP contribution in [0.5, 0.6) is 0 Å². The fraction of sp³-hybridized carbons (Fsp3) is 0.500. The Bertz CT molecular complexity index is 511. The van der Waals surface area contributed by atoms with Crippen LogP contribution < -0.4 is 10.6 Å². The summed E-state index contributed by atoms with van der Waals surface area (Å²) in [7, 11) is 0. The molecule has 0 spiro atoms. The lowest BCUT2D eigenvalue weighted by Crippen LogP contribution is -2.35. The average Bonchev–Trinajstić information content (AvgIpc) is 2.41. The Labute approximate surface area is 135 Å². The second kappa shape index (κ2) is 8.79. The molecule has 0 unspecified atom stereocenters. The minimum atomic E-state index is -0.467. The molecule has 0 aromatic heterocycles. The van der Waals surface area contributed by atoms with Gasteiger partial charge in [-0.1, -0.05) is 37.8 Å². The van der Waals surface area contributed by atoms with Crippen molar-refractivity contribution in [2.75, 3.05) is 5.32 Å². The van der Waals surface area contributed by atoms with E-state index >= 15 is 0 Å². The first-order valence-electron chi connectivity index (χ1n) is 6.95. The molecule has 0 radical (unpaired) electrons. The molecule has 0 saturated carbocycles. The number of hydrogen-bond donors (Lipinski definition) is 2. The largest absolute Gasteiger partial charge is 0.360 e. The van der Waals surface area contributed by atoms with Crippen LogP contribution in [-0.2, 0) is 0 Å². The topological polar surface area (TPSA) is 67.2 Å². The van der Waals surface area contributed by atoms with Crippen LogP contribution in [-0.4, -0.2) is 16.1 Å².